The van der Waals surface area contributed by atoms with Crippen LogP contribution in [0.5, 0.6) is 0 Å². The Hall–Kier alpha value is -1.82. The van der Waals surface area contributed by atoms with Gasteiger partial charge in [0.1, 0.15) is 11.7 Å². The molecule has 0 radical (unpaired) electrons. The maximum absolute atomic E-state index is 11.6. The molecule has 2 atom stereocenters. The zero-order valence-electron chi connectivity index (χ0n) is 11.7. The van der Waals surface area contributed by atoms with Crippen LogP contribution in [0.4, 0.5) is 0 Å². The average Bonchev–Trinajstić information content (AvgIpc) is 2.42. The third kappa shape index (κ3) is 3.01. The largest absolute Gasteiger partial charge is 0.494 e. The predicted molar refractivity (Wildman–Crippen MR) is 71.2 cm³/mol. The van der Waals surface area contributed by atoms with Gasteiger partial charge in [-0.1, -0.05) is 31.9 Å². The number of carboxylic acids is 2. The van der Waals surface area contributed by atoms with E-state index >= 15 is 0 Å². The molecule has 0 saturated heterocycles. The van der Waals surface area contributed by atoms with Gasteiger partial charge < -0.3 is 19.7 Å². The van der Waals surface area contributed by atoms with Gasteiger partial charge in [0.15, 0.2) is 0 Å². The van der Waals surface area contributed by atoms with Crippen LogP contribution < -0.4 is 0 Å². The summed E-state index contributed by atoms with van der Waals surface area (Å²) in [4.78, 5) is 22.9. The summed E-state index contributed by atoms with van der Waals surface area (Å²) in [6.07, 6.45) is 6.96. The lowest BCUT2D eigenvalue weighted by Crippen LogP contribution is -2.53. The van der Waals surface area contributed by atoms with Gasteiger partial charge in [0.2, 0.25) is 5.60 Å². The van der Waals surface area contributed by atoms with Crippen LogP contribution in [-0.2, 0) is 19.1 Å². The lowest BCUT2D eigenvalue weighted by Gasteiger charge is -2.35. The molecule has 2 unspecified atom stereocenters. The van der Waals surface area contributed by atoms with Gasteiger partial charge in [0.25, 0.3) is 0 Å². The second kappa shape index (κ2) is 7.09. The number of hydrogen-bond acceptors (Lipinski definition) is 4. The molecule has 2 N–H and O–H groups in total. The summed E-state index contributed by atoms with van der Waals surface area (Å²) in [5, 5.41) is 18.6. The van der Waals surface area contributed by atoms with E-state index in [0.29, 0.717) is 6.61 Å². The van der Waals surface area contributed by atoms with E-state index in [0.717, 1.165) is 19.3 Å². The van der Waals surface area contributed by atoms with Crippen LogP contribution in [0.15, 0.2) is 24.0 Å². The Bertz CT molecular complexity index is 425. The first-order valence-electron chi connectivity index (χ1n) is 6.53. The van der Waals surface area contributed by atoms with Crippen molar-refractivity contribution in [3.05, 3.63) is 24.0 Å². The highest BCUT2D eigenvalue weighted by atomic mass is 16.6. The summed E-state index contributed by atoms with van der Waals surface area (Å²) in [6, 6.07) is 0. The minimum absolute atomic E-state index is 0.0264. The molecule has 0 bridgehead atoms. The molecule has 6 nitrogen and oxygen atoms in total. The minimum atomic E-state index is -2.01. The number of carboxylic acid groups (broad SMARTS) is 2. The van der Waals surface area contributed by atoms with Crippen molar-refractivity contribution < 1.29 is 29.3 Å². The molecule has 0 aromatic rings. The van der Waals surface area contributed by atoms with E-state index in [1.807, 2.05) is 6.92 Å². The Labute approximate surface area is 117 Å². The van der Waals surface area contributed by atoms with E-state index in [4.69, 9.17) is 9.47 Å². The summed E-state index contributed by atoms with van der Waals surface area (Å²) in [6.45, 7) is 2.37. The van der Waals surface area contributed by atoms with Gasteiger partial charge in [-0.05, 0) is 12.5 Å². The molecule has 20 heavy (non-hydrogen) atoms. The van der Waals surface area contributed by atoms with Crippen molar-refractivity contribution in [1.82, 2.24) is 0 Å². The molecule has 6 heteroatoms. The minimum Gasteiger partial charge on any atom is -0.494 e. The van der Waals surface area contributed by atoms with Gasteiger partial charge in [-0.3, -0.25) is 4.79 Å². The Balaban J connectivity index is 2.99. The van der Waals surface area contributed by atoms with E-state index in [2.05, 4.69) is 0 Å². The van der Waals surface area contributed by atoms with Crippen molar-refractivity contribution in [1.29, 1.82) is 0 Å². The molecule has 0 aliphatic heterocycles. The Morgan fingerprint density at radius 2 is 2.05 bits per heavy atom. The Morgan fingerprint density at radius 3 is 2.55 bits per heavy atom. The van der Waals surface area contributed by atoms with Crippen LogP contribution in [0.2, 0.25) is 0 Å². The zero-order chi connectivity index (χ0) is 15.2. The van der Waals surface area contributed by atoms with Crippen molar-refractivity contribution in [3.63, 3.8) is 0 Å². The summed E-state index contributed by atoms with van der Waals surface area (Å²) < 4.78 is 10.5. The maximum atomic E-state index is 11.6. The van der Waals surface area contributed by atoms with E-state index in [9.17, 15) is 19.8 Å². The van der Waals surface area contributed by atoms with Crippen LogP contribution in [0.1, 0.15) is 26.2 Å². The highest BCUT2D eigenvalue weighted by Crippen LogP contribution is 2.35. The fourth-order valence-electron chi connectivity index (χ4n) is 2.17. The second-order valence-electron chi connectivity index (χ2n) is 4.53. The van der Waals surface area contributed by atoms with Crippen LogP contribution in [0.3, 0.4) is 0 Å². The molecule has 0 heterocycles. The number of hydrogen-bond donors (Lipinski definition) is 2. The van der Waals surface area contributed by atoms with E-state index in [1.165, 1.54) is 25.3 Å². The Morgan fingerprint density at radius 1 is 1.35 bits per heavy atom. The molecule has 0 aromatic carbocycles. The van der Waals surface area contributed by atoms with E-state index in [-0.39, 0.29) is 5.76 Å². The van der Waals surface area contributed by atoms with Crippen LogP contribution in [0, 0.1) is 5.92 Å². The van der Waals surface area contributed by atoms with Crippen LogP contribution in [0.25, 0.3) is 0 Å². The maximum Gasteiger partial charge on any atom is 0.345 e. The number of ether oxygens (including phenoxy) is 2. The van der Waals surface area contributed by atoms with Crippen molar-refractivity contribution in [2.45, 2.75) is 31.8 Å². The molecule has 1 rings (SSSR count). The van der Waals surface area contributed by atoms with Gasteiger partial charge >= 0.3 is 11.9 Å². The van der Waals surface area contributed by atoms with Crippen LogP contribution in [-0.4, -0.2) is 41.5 Å². The molecule has 1 aliphatic rings. The highest BCUT2D eigenvalue weighted by molar-refractivity contribution is 5.90. The number of carbonyl (C=O) groups is 2. The van der Waals surface area contributed by atoms with E-state index in [1.54, 1.807) is 0 Å². The van der Waals surface area contributed by atoms with Gasteiger partial charge in [0.05, 0.1) is 6.61 Å². The quantitative estimate of drug-likeness (QED) is 0.660. The van der Waals surface area contributed by atoms with Gasteiger partial charge in [-0.15, -0.1) is 0 Å². The molecule has 0 saturated carbocycles. The Kier molecular flexibility index (Phi) is 5.76. The lowest BCUT2D eigenvalue weighted by atomic mass is 9.81. The lowest BCUT2D eigenvalue weighted by molar-refractivity contribution is -0.175. The first-order chi connectivity index (χ1) is 9.50. The molecule has 0 aromatic heterocycles. The number of allylic oxidation sites excluding steroid dienone is 2. The summed E-state index contributed by atoms with van der Waals surface area (Å²) in [5.41, 5.74) is -2.01. The molecule has 1 aliphatic carbocycles. The molecule has 0 fully saturated rings. The fourth-order valence-corrected chi connectivity index (χ4v) is 2.17. The van der Waals surface area contributed by atoms with E-state index < -0.39 is 23.5 Å². The first-order valence-corrected chi connectivity index (χ1v) is 6.53. The summed E-state index contributed by atoms with van der Waals surface area (Å²) in [7, 11) is 1.17. The summed E-state index contributed by atoms with van der Waals surface area (Å²) in [5.74, 6) is -3.94. The van der Waals surface area contributed by atoms with Crippen LogP contribution >= 0.6 is 0 Å². The molecular formula is C14H20O6. The molecule has 0 spiro atoms. The molecule has 112 valence electrons. The number of methoxy groups -OCH3 is 1. The fraction of sp³-hybridized carbons (Fsp3) is 0.571. The smallest absolute Gasteiger partial charge is 0.345 e. The van der Waals surface area contributed by atoms with Crippen molar-refractivity contribution >= 4 is 11.9 Å². The third-order valence-corrected chi connectivity index (χ3v) is 3.27. The number of unbranched alkanes of at least 4 members (excludes halogenated alkanes) is 2. The first kappa shape index (κ1) is 16.2. The second-order valence-corrected chi connectivity index (χ2v) is 4.53. The van der Waals surface area contributed by atoms with Crippen molar-refractivity contribution in [2.24, 2.45) is 5.92 Å². The summed E-state index contributed by atoms with van der Waals surface area (Å²) >= 11 is 0. The van der Waals surface area contributed by atoms with Gasteiger partial charge in [-0.2, -0.15) is 0 Å². The highest BCUT2D eigenvalue weighted by Gasteiger charge is 2.55. The van der Waals surface area contributed by atoms with Gasteiger partial charge in [-0.25, -0.2) is 4.79 Å². The zero-order valence-corrected chi connectivity index (χ0v) is 11.7. The molecular weight excluding hydrogens is 264 g/mol. The number of rotatable bonds is 8. The SMILES string of the molecule is CCCCCOC1=CC=CC(C(=O)O)C1(OC)C(=O)O. The normalized spacial score (nSPS) is 25.1. The average molecular weight is 284 g/mol. The van der Waals surface area contributed by atoms with Crippen molar-refractivity contribution in [2.75, 3.05) is 13.7 Å². The standard InChI is InChI=1S/C14H20O6/c1-3-4-5-9-20-11-8-6-7-10(12(15)16)14(11,19-2)13(17)18/h6-8,10H,3-5,9H2,1-2H3,(H,15,16)(H,17,18). The van der Waals surface area contributed by atoms with Crippen molar-refractivity contribution in [3.8, 4) is 0 Å². The molecule has 0 amide bonds. The third-order valence-electron chi connectivity index (χ3n) is 3.27. The number of aliphatic carboxylic acids is 2. The van der Waals surface area contributed by atoms with Gasteiger partial charge in [0, 0.05) is 7.11 Å². The monoisotopic (exact) mass is 284 g/mol. The predicted octanol–water partition coefficient (Wildman–Crippen LogP) is 1.82. The topological polar surface area (TPSA) is 93.1 Å².